The fraction of sp³-hybridized carbons (Fsp3) is 0.680. The molecule has 0 aromatic heterocycles. The standard InChI is InChI=1S/C25H34O5/c1-5-28-22-14-20-17(13-23(22)29-15(2)26)7-6-8-19-18(20)11-12-25(4)21(19)9-10-24(25)30-16(3)27/h13-14,18-19,21,24H,5-12H2,1-4H3/t18?,19?,21?,24-,25-/m0/s1. The van der Waals surface area contributed by atoms with Gasteiger partial charge in [0.05, 0.1) is 6.61 Å². The van der Waals surface area contributed by atoms with Gasteiger partial charge in [0, 0.05) is 19.3 Å². The van der Waals surface area contributed by atoms with Crippen molar-refractivity contribution in [2.24, 2.45) is 17.3 Å². The molecule has 1 aromatic rings. The second kappa shape index (κ2) is 8.24. The van der Waals surface area contributed by atoms with E-state index in [9.17, 15) is 9.59 Å². The summed E-state index contributed by atoms with van der Waals surface area (Å²) < 4.78 is 17.1. The van der Waals surface area contributed by atoms with Crippen LogP contribution in [0.1, 0.15) is 83.3 Å². The smallest absolute Gasteiger partial charge is 0.308 e. The number of fused-ring (bicyclic) bond motifs is 5. The van der Waals surface area contributed by atoms with Crippen LogP contribution < -0.4 is 9.47 Å². The largest absolute Gasteiger partial charge is 0.490 e. The topological polar surface area (TPSA) is 61.8 Å². The minimum Gasteiger partial charge on any atom is -0.490 e. The average Bonchev–Trinajstić information content (AvgIpc) is 2.88. The van der Waals surface area contributed by atoms with Crippen LogP contribution in [0.15, 0.2) is 12.1 Å². The Hall–Kier alpha value is -2.04. The third-order valence-corrected chi connectivity index (χ3v) is 7.80. The fourth-order valence-electron chi connectivity index (χ4n) is 6.63. The van der Waals surface area contributed by atoms with E-state index in [0.29, 0.717) is 35.9 Å². The van der Waals surface area contributed by atoms with Crippen LogP contribution in [0.25, 0.3) is 0 Å². The Morgan fingerprint density at radius 2 is 1.87 bits per heavy atom. The van der Waals surface area contributed by atoms with Crippen molar-refractivity contribution in [3.05, 3.63) is 23.3 Å². The van der Waals surface area contributed by atoms with Gasteiger partial charge in [0.25, 0.3) is 0 Å². The van der Waals surface area contributed by atoms with Gasteiger partial charge >= 0.3 is 11.9 Å². The van der Waals surface area contributed by atoms with E-state index >= 15 is 0 Å². The van der Waals surface area contributed by atoms with Gasteiger partial charge in [-0.25, -0.2) is 0 Å². The predicted molar refractivity (Wildman–Crippen MR) is 114 cm³/mol. The van der Waals surface area contributed by atoms with Crippen molar-refractivity contribution in [3.8, 4) is 11.5 Å². The molecule has 5 heteroatoms. The van der Waals surface area contributed by atoms with E-state index in [1.807, 2.05) is 13.0 Å². The van der Waals surface area contributed by atoms with Crippen LogP contribution >= 0.6 is 0 Å². The summed E-state index contributed by atoms with van der Waals surface area (Å²) in [5.74, 6) is 2.40. The van der Waals surface area contributed by atoms with Crippen molar-refractivity contribution in [3.63, 3.8) is 0 Å². The third-order valence-electron chi connectivity index (χ3n) is 7.80. The molecular formula is C25H34O5. The van der Waals surface area contributed by atoms with Gasteiger partial charge in [-0.15, -0.1) is 0 Å². The van der Waals surface area contributed by atoms with Crippen molar-refractivity contribution < 1.29 is 23.8 Å². The fourth-order valence-corrected chi connectivity index (χ4v) is 6.63. The number of rotatable bonds is 4. The molecule has 3 aliphatic rings. The zero-order chi connectivity index (χ0) is 21.5. The zero-order valence-corrected chi connectivity index (χ0v) is 18.7. The molecule has 0 heterocycles. The Morgan fingerprint density at radius 3 is 2.57 bits per heavy atom. The van der Waals surface area contributed by atoms with E-state index in [-0.39, 0.29) is 23.5 Å². The molecule has 0 radical (unpaired) electrons. The molecule has 0 aliphatic heterocycles. The lowest BCUT2D eigenvalue weighted by molar-refractivity contribution is -0.154. The number of ether oxygens (including phenoxy) is 3. The SMILES string of the molecule is CCOc1cc2c(cc1OC(C)=O)CCCC1C2CC[C@@]2(C)C1CC[C@@H]2OC(C)=O. The summed E-state index contributed by atoms with van der Waals surface area (Å²) in [6, 6.07) is 4.18. The Bertz CT molecular complexity index is 831. The molecule has 2 fully saturated rings. The number of esters is 2. The molecule has 0 saturated heterocycles. The van der Waals surface area contributed by atoms with Crippen LogP contribution in [-0.2, 0) is 20.7 Å². The molecule has 3 aliphatic carbocycles. The zero-order valence-electron chi connectivity index (χ0n) is 18.7. The Labute approximate surface area is 179 Å². The van der Waals surface area contributed by atoms with E-state index in [1.54, 1.807) is 0 Å². The summed E-state index contributed by atoms with van der Waals surface area (Å²) in [5.41, 5.74) is 2.74. The van der Waals surface area contributed by atoms with Crippen molar-refractivity contribution in [1.82, 2.24) is 0 Å². The van der Waals surface area contributed by atoms with Gasteiger partial charge in [-0.1, -0.05) is 6.92 Å². The first kappa shape index (κ1) is 21.2. The molecule has 4 rings (SSSR count). The van der Waals surface area contributed by atoms with Gasteiger partial charge in [0.1, 0.15) is 6.10 Å². The molecule has 1 aromatic carbocycles. The first-order valence-corrected chi connectivity index (χ1v) is 11.5. The maximum atomic E-state index is 11.7. The quantitative estimate of drug-likeness (QED) is 0.501. The van der Waals surface area contributed by atoms with E-state index in [4.69, 9.17) is 14.2 Å². The number of carbonyl (C=O) groups is 2. The summed E-state index contributed by atoms with van der Waals surface area (Å²) >= 11 is 0. The van der Waals surface area contributed by atoms with Crippen molar-refractivity contribution in [2.75, 3.05) is 6.61 Å². The normalized spacial score (nSPS) is 32.3. The predicted octanol–water partition coefficient (Wildman–Crippen LogP) is 5.19. The van der Waals surface area contributed by atoms with Gasteiger partial charge in [-0.3, -0.25) is 9.59 Å². The summed E-state index contributed by atoms with van der Waals surface area (Å²) in [6.07, 6.45) is 7.66. The maximum Gasteiger partial charge on any atom is 0.308 e. The molecular weight excluding hydrogens is 380 g/mol. The average molecular weight is 415 g/mol. The summed E-state index contributed by atoms with van der Waals surface area (Å²) in [5, 5.41) is 0. The van der Waals surface area contributed by atoms with E-state index in [1.165, 1.54) is 31.4 Å². The van der Waals surface area contributed by atoms with Crippen LogP contribution in [-0.4, -0.2) is 24.6 Å². The highest BCUT2D eigenvalue weighted by Gasteiger charge is 2.55. The number of hydrogen-bond donors (Lipinski definition) is 0. The lowest BCUT2D eigenvalue weighted by atomic mass is 9.58. The van der Waals surface area contributed by atoms with Crippen LogP contribution in [0.2, 0.25) is 0 Å². The van der Waals surface area contributed by atoms with Gasteiger partial charge in [-0.2, -0.15) is 0 Å². The Kier molecular flexibility index (Phi) is 5.82. The van der Waals surface area contributed by atoms with Gasteiger partial charge in [-0.05, 0) is 92.9 Å². The van der Waals surface area contributed by atoms with Crippen LogP contribution in [0, 0.1) is 17.3 Å². The highest BCUT2D eigenvalue weighted by molar-refractivity contribution is 5.71. The monoisotopic (exact) mass is 414 g/mol. The van der Waals surface area contributed by atoms with Crippen molar-refractivity contribution >= 4 is 11.9 Å². The second-order valence-corrected chi connectivity index (χ2v) is 9.51. The highest BCUT2D eigenvalue weighted by Crippen LogP contribution is 2.61. The number of hydrogen-bond acceptors (Lipinski definition) is 5. The van der Waals surface area contributed by atoms with Gasteiger partial charge in [0.15, 0.2) is 11.5 Å². The molecule has 5 nitrogen and oxygen atoms in total. The molecule has 0 bridgehead atoms. The number of aryl methyl sites for hydroxylation is 1. The second-order valence-electron chi connectivity index (χ2n) is 9.51. The minimum atomic E-state index is -0.321. The van der Waals surface area contributed by atoms with Crippen LogP contribution in [0.5, 0.6) is 11.5 Å². The molecule has 164 valence electrons. The Balaban J connectivity index is 1.68. The third kappa shape index (κ3) is 3.72. The van der Waals surface area contributed by atoms with Gasteiger partial charge < -0.3 is 14.2 Å². The molecule has 0 amide bonds. The summed E-state index contributed by atoms with van der Waals surface area (Å²) in [4.78, 5) is 23.2. The van der Waals surface area contributed by atoms with E-state index < -0.39 is 0 Å². The lowest BCUT2D eigenvalue weighted by Crippen LogP contribution is -2.43. The van der Waals surface area contributed by atoms with Gasteiger partial charge in [0.2, 0.25) is 0 Å². The first-order chi connectivity index (χ1) is 14.3. The maximum absolute atomic E-state index is 11.7. The van der Waals surface area contributed by atoms with Crippen LogP contribution in [0.3, 0.4) is 0 Å². The Morgan fingerprint density at radius 1 is 1.07 bits per heavy atom. The summed E-state index contributed by atoms with van der Waals surface area (Å²) in [7, 11) is 0. The molecule has 0 N–H and O–H groups in total. The number of benzene rings is 1. The highest BCUT2D eigenvalue weighted by atomic mass is 16.6. The molecule has 3 unspecified atom stereocenters. The molecule has 5 atom stereocenters. The first-order valence-electron chi connectivity index (χ1n) is 11.5. The minimum absolute atomic E-state index is 0.0500. The number of carbonyl (C=O) groups excluding carboxylic acids is 2. The van der Waals surface area contributed by atoms with Crippen LogP contribution in [0.4, 0.5) is 0 Å². The lowest BCUT2D eigenvalue weighted by Gasteiger charge is -2.48. The molecule has 0 spiro atoms. The van der Waals surface area contributed by atoms with Crippen molar-refractivity contribution in [1.29, 1.82) is 0 Å². The van der Waals surface area contributed by atoms with Crippen molar-refractivity contribution in [2.45, 2.75) is 84.7 Å². The van der Waals surface area contributed by atoms with E-state index in [2.05, 4.69) is 13.0 Å². The molecule has 30 heavy (non-hydrogen) atoms. The molecule has 2 saturated carbocycles. The summed E-state index contributed by atoms with van der Waals surface area (Å²) in [6.45, 7) is 7.78. The van der Waals surface area contributed by atoms with E-state index in [0.717, 1.165) is 38.5 Å².